The number of carbonyl (C=O) groups is 1. The number of hydrogen-bond acceptors (Lipinski definition) is 7. The van der Waals surface area contributed by atoms with Crippen molar-refractivity contribution in [3.05, 3.63) is 154 Å². The molecule has 0 saturated heterocycles. The first-order valence-electron chi connectivity index (χ1n) is 17.6. The number of alkyl halides is 1. The monoisotopic (exact) mass is 790 g/mol. The molecule has 0 aromatic heterocycles. The molecule has 7 nitrogen and oxygen atoms in total. The molecule has 0 aliphatic heterocycles. The van der Waals surface area contributed by atoms with Gasteiger partial charge in [0, 0.05) is 19.0 Å². The van der Waals surface area contributed by atoms with Crippen molar-refractivity contribution in [2.45, 2.75) is 38.5 Å². The van der Waals surface area contributed by atoms with Crippen LogP contribution in [0.1, 0.15) is 58.8 Å². The topological polar surface area (TPSA) is 105 Å². The Bertz CT molecular complexity index is 1590. The Morgan fingerprint density at radius 1 is 0.698 bits per heavy atom. The Morgan fingerprint density at radius 2 is 1.04 bits per heavy atom. The number of benzene rings is 4. The molecule has 0 radical (unpaired) electrons. The van der Waals surface area contributed by atoms with Gasteiger partial charge in [-0.25, -0.2) is 0 Å². The fraction of sp³-hybridized carbons (Fsp3) is 0.326. The number of aliphatic hydroxyl groups excluding tert-OH is 2. The van der Waals surface area contributed by atoms with E-state index in [2.05, 4.69) is 131 Å². The van der Waals surface area contributed by atoms with E-state index in [1.54, 1.807) is 0 Å². The minimum Gasteiger partial charge on any atom is -1.00 e. The van der Waals surface area contributed by atoms with Crippen LogP contribution in [-0.2, 0) is 35.4 Å². The molecule has 0 atom stereocenters. The average molecular weight is 792 g/mol. The maximum atomic E-state index is 9.03. The number of carbonyl (C=O) groups excluding carboxylic acids is 1. The summed E-state index contributed by atoms with van der Waals surface area (Å²) in [5.41, 5.74) is 14.2. The van der Waals surface area contributed by atoms with E-state index in [0.717, 1.165) is 58.2 Å². The molecule has 6 rings (SSSR count). The summed E-state index contributed by atoms with van der Waals surface area (Å²) in [7, 11) is 4.07. The van der Waals surface area contributed by atoms with E-state index in [9.17, 15) is 0 Å². The maximum Gasteiger partial charge on any atom is 1.00 e. The van der Waals surface area contributed by atoms with Crippen LogP contribution >= 0.6 is 11.6 Å². The molecule has 0 unspecified atom stereocenters. The Kier molecular flexibility index (Phi) is 28.7. The van der Waals surface area contributed by atoms with Crippen LogP contribution in [0.2, 0.25) is 0 Å². The molecule has 0 heterocycles. The normalized spacial score (nSPS) is 11.8. The number of nitrogens with one attached hydrogen (secondary N) is 1. The van der Waals surface area contributed by atoms with Crippen LogP contribution in [-0.4, -0.2) is 74.4 Å². The van der Waals surface area contributed by atoms with Gasteiger partial charge < -0.3 is 32.0 Å². The Balaban J connectivity index is 0.000000834. The maximum absolute atomic E-state index is 9.03. The van der Waals surface area contributed by atoms with Crippen molar-refractivity contribution in [2.24, 2.45) is 0 Å². The zero-order chi connectivity index (χ0) is 36.7. The van der Waals surface area contributed by atoms with Gasteiger partial charge in [-0.1, -0.05) is 109 Å². The standard InChI is InChI=1S/C21H25NO.C19H21N.C2H5ClO.CH2O3.2K.H/c1-22(15-16-23)14-6-11-21-19-9-4-2-7-17(19)12-13-18-8-3-5-10-20(18)21;1-20-14-6-11-19-17-9-4-2-7-15(17)12-13-16-8-3-5-10-18(16)19;3-1-2-4;2-1-4-3;;;/h2-5,7-11,23H,6,12-16H2,1H3;2-5,7-11,20H,6,12-14H2,1H3;4H,1-2H2;1,3H;;;/q;;;;2*+1;-1/p-1. The van der Waals surface area contributed by atoms with Crippen molar-refractivity contribution in [2.75, 3.05) is 52.8 Å². The second kappa shape index (κ2) is 30.3. The first-order chi connectivity index (χ1) is 25.0. The molecule has 4 aromatic carbocycles. The molecule has 53 heavy (non-hydrogen) atoms. The number of halogens is 1. The third kappa shape index (κ3) is 17.1. The van der Waals surface area contributed by atoms with Crippen LogP contribution in [0.25, 0.3) is 11.1 Å². The molecule has 10 heteroatoms. The summed E-state index contributed by atoms with van der Waals surface area (Å²) in [6.07, 6.45) is 11.3. The SMILES string of the molecule is CN(CCO)CCC=C1c2ccccc2CCc2ccccc21.CNCCC=C1c2ccccc2CCc2ccccc21.O=CO[O-].OCCCl.[H-].[K+].[K+]. The first-order valence-corrected chi connectivity index (χ1v) is 18.1. The molecular weight excluding hydrogens is 738 g/mol. The van der Waals surface area contributed by atoms with Gasteiger partial charge in [0.25, 0.3) is 6.47 Å². The summed E-state index contributed by atoms with van der Waals surface area (Å²) >= 11 is 4.94. The van der Waals surface area contributed by atoms with Crippen LogP contribution in [0, 0.1) is 0 Å². The summed E-state index contributed by atoms with van der Waals surface area (Å²) in [5.74, 6) is 0.347. The summed E-state index contributed by atoms with van der Waals surface area (Å²) in [4.78, 5) is 13.4. The van der Waals surface area contributed by atoms with E-state index in [0.29, 0.717) is 5.88 Å². The van der Waals surface area contributed by atoms with Gasteiger partial charge in [0.1, 0.15) is 0 Å². The number of aryl methyl sites for hydroxylation is 4. The predicted octanol–water partition coefficient (Wildman–Crippen LogP) is 0.130. The van der Waals surface area contributed by atoms with Gasteiger partial charge in [0.2, 0.25) is 0 Å². The van der Waals surface area contributed by atoms with Crippen LogP contribution in [0.3, 0.4) is 0 Å². The Labute approximate surface area is 408 Å². The van der Waals surface area contributed by atoms with Gasteiger partial charge in [0.15, 0.2) is 0 Å². The number of rotatable bonds is 10. The van der Waals surface area contributed by atoms with Crippen LogP contribution in [0.5, 0.6) is 0 Å². The van der Waals surface area contributed by atoms with Crippen molar-refractivity contribution < 1.29 is 129 Å². The summed E-state index contributed by atoms with van der Waals surface area (Å²) < 4.78 is 0. The van der Waals surface area contributed by atoms with Crippen molar-refractivity contribution in [3.8, 4) is 0 Å². The van der Waals surface area contributed by atoms with Gasteiger partial charge in [-0.05, 0) is 115 Å². The van der Waals surface area contributed by atoms with Crippen LogP contribution in [0.15, 0.2) is 109 Å². The van der Waals surface area contributed by atoms with Gasteiger partial charge >= 0.3 is 103 Å². The fourth-order valence-corrected chi connectivity index (χ4v) is 6.35. The van der Waals surface area contributed by atoms with E-state index >= 15 is 0 Å². The number of aliphatic hydroxyl groups is 2. The Hall–Kier alpha value is -0.807. The molecule has 4 aromatic rings. The third-order valence-electron chi connectivity index (χ3n) is 8.77. The molecule has 0 bridgehead atoms. The average Bonchev–Trinajstić information content (AvgIpc) is 3.44. The number of likely N-dealkylation sites (N-methyl/N-ethyl adjacent to an activating group) is 1. The third-order valence-corrected chi connectivity index (χ3v) is 8.93. The van der Waals surface area contributed by atoms with E-state index in [1.165, 1.54) is 55.7 Å². The van der Waals surface area contributed by atoms with Gasteiger partial charge in [-0.2, -0.15) is 0 Å². The summed E-state index contributed by atoms with van der Waals surface area (Å²) in [5, 5.41) is 28.4. The van der Waals surface area contributed by atoms with Gasteiger partial charge in [-0.3, -0.25) is 4.79 Å². The molecular formula is C43H53ClK2N2O5. The van der Waals surface area contributed by atoms with Gasteiger partial charge in [-0.15, -0.1) is 11.6 Å². The second-order valence-electron chi connectivity index (χ2n) is 12.2. The van der Waals surface area contributed by atoms with E-state index in [4.69, 9.17) is 31.9 Å². The minimum absolute atomic E-state index is 0. The quantitative estimate of drug-likeness (QED) is 0.0525. The van der Waals surface area contributed by atoms with E-state index in [1.807, 2.05) is 7.05 Å². The number of hydrogen-bond donors (Lipinski definition) is 3. The van der Waals surface area contributed by atoms with Crippen LogP contribution in [0.4, 0.5) is 0 Å². The first kappa shape index (κ1) is 50.2. The number of nitrogens with zero attached hydrogens (tertiary/aromatic N) is 1. The predicted molar refractivity (Wildman–Crippen MR) is 209 cm³/mol. The molecule has 3 N–H and O–H groups in total. The van der Waals surface area contributed by atoms with Crippen molar-refractivity contribution in [1.29, 1.82) is 0 Å². The molecule has 0 amide bonds. The molecule has 274 valence electrons. The van der Waals surface area contributed by atoms with Crippen molar-refractivity contribution >= 4 is 29.2 Å². The van der Waals surface area contributed by atoms with Crippen molar-refractivity contribution in [3.63, 3.8) is 0 Å². The summed E-state index contributed by atoms with van der Waals surface area (Å²) in [6.45, 7) is 2.85. The van der Waals surface area contributed by atoms with Crippen molar-refractivity contribution in [1.82, 2.24) is 10.2 Å². The molecule has 2 aliphatic carbocycles. The fourth-order valence-electron chi connectivity index (χ4n) is 6.35. The number of fused-ring (bicyclic) bond motifs is 4. The molecule has 0 spiro atoms. The molecule has 0 fully saturated rings. The van der Waals surface area contributed by atoms with Gasteiger partial charge in [0.05, 0.1) is 13.2 Å². The van der Waals surface area contributed by atoms with E-state index < -0.39 is 0 Å². The largest absolute Gasteiger partial charge is 1.00 e. The summed E-state index contributed by atoms with van der Waals surface area (Å²) in [6, 6.07) is 35.3. The molecule has 0 saturated carbocycles. The van der Waals surface area contributed by atoms with Crippen LogP contribution < -0.4 is 113 Å². The molecule has 2 aliphatic rings. The minimum atomic E-state index is -0.181. The van der Waals surface area contributed by atoms with E-state index in [-0.39, 0.29) is 124 Å². The zero-order valence-corrected chi connectivity index (χ0v) is 38.9. The second-order valence-corrected chi connectivity index (χ2v) is 12.6. The zero-order valence-electron chi connectivity index (χ0n) is 32.9. The Morgan fingerprint density at radius 3 is 1.34 bits per heavy atom. The smallest absolute Gasteiger partial charge is 1.00 e.